The van der Waals surface area contributed by atoms with Crippen molar-refractivity contribution in [3.63, 3.8) is 0 Å². The molecule has 0 radical (unpaired) electrons. The molecule has 1 aromatic rings. The second-order valence-electron chi connectivity index (χ2n) is 5.06. The van der Waals surface area contributed by atoms with E-state index in [4.69, 9.17) is 4.74 Å². The van der Waals surface area contributed by atoms with E-state index in [0.717, 1.165) is 23.9 Å². The SMILES string of the molecule is COc1cccc(NC(=O)CNCC2CCCC2)c1. The van der Waals surface area contributed by atoms with Crippen molar-refractivity contribution in [1.82, 2.24) is 5.32 Å². The zero-order valence-electron chi connectivity index (χ0n) is 11.4. The van der Waals surface area contributed by atoms with E-state index in [9.17, 15) is 4.79 Å². The van der Waals surface area contributed by atoms with Crippen molar-refractivity contribution in [2.24, 2.45) is 5.92 Å². The zero-order valence-corrected chi connectivity index (χ0v) is 11.4. The first-order valence-electron chi connectivity index (χ1n) is 6.92. The number of hydrogen-bond acceptors (Lipinski definition) is 3. The molecule has 104 valence electrons. The summed E-state index contributed by atoms with van der Waals surface area (Å²) in [4.78, 5) is 11.8. The van der Waals surface area contributed by atoms with Crippen LogP contribution >= 0.6 is 0 Å². The summed E-state index contributed by atoms with van der Waals surface area (Å²) in [5.41, 5.74) is 0.770. The summed E-state index contributed by atoms with van der Waals surface area (Å²) in [6.07, 6.45) is 5.26. The largest absolute Gasteiger partial charge is 0.497 e. The Hall–Kier alpha value is -1.55. The Morgan fingerprint density at radius 1 is 1.37 bits per heavy atom. The lowest BCUT2D eigenvalue weighted by atomic mass is 10.1. The van der Waals surface area contributed by atoms with E-state index >= 15 is 0 Å². The maximum atomic E-state index is 11.8. The van der Waals surface area contributed by atoms with E-state index in [1.165, 1.54) is 25.7 Å². The van der Waals surface area contributed by atoms with Crippen LogP contribution in [0, 0.1) is 5.92 Å². The van der Waals surface area contributed by atoms with Crippen molar-refractivity contribution < 1.29 is 9.53 Å². The molecule has 0 unspecified atom stereocenters. The van der Waals surface area contributed by atoms with E-state index in [-0.39, 0.29) is 5.91 Å². The van der Waals surface area contributed by atoms with Gasteiger partial charge < -0.3 is 15.4 Å². The van der Waals surface area contributed by atoms with Crippen LogP contribution in [0.3, 0.4) is 0 Å². The van der Waals surface area contributed by atoms with Crippen LogP contribution in [0.4, 0.5) is 5.69 Å². The Morgan fingerprint density at radius 2 is 2.16 bits per heavy atom. The van der Waals surface area contributed by atoms with Crippen molar-refractivity contribution in [3.05, 3.63) is 24.3 Å². The summed E-state index contributed by atoms with van der Waals surface area (Å²) in [5.74, 6) is 1.49. The first-order valence-corrected chi connectivity index (χ1v) is 6.92. The monoisotopic (exact) mass is 262 g/mol. The lowest BCUT2D eigenvalue weighted by Gasteiger charge is -2.11. The summed E-state index contributed by atoms with van der Waals surface area (Å²) in [5, 5.41) is 6.09. The van der Waals surface area contributed by atoms with E-state index in [1.54, 1.807) is 7.11 Å². The van der Waals surface area contributed by atoms with Gasteiger partial charge in [0, 0.05) is 11.8 Å². The number of carbonyl (C=O) groups excluding carboxylic acids is 1. The Bertz CT molecular complexity index is 414. The molecule has 1 aliphatic rings. The van der Waals surface area contributed by atoms with Crippen LogP contribution in [0.15, 0.2) is 24.3 Å². The van der Waals surface area contributed by atoms with Crippen LogP contribution in [0.5, 0.6) is 5.75 Å². The quantitative estimate of drug-likeness (QED) is 0.827. The Morgan fingerprint density at radius 3 is 2.89 bits per heavy atom. The van der Waals surface area contributed by atoms with Crippen LogP contribution in [-0.2, 0) is 4.79 Å². The molecule has 0 spiro atoms. The maximum absolute atomic E-state index is 11.8. The minimum Gasteiger partial charge on any atom is -0.497 e. The van der Waals surface area contributed by atoms with Gasteiger partial charge in [0.15, 0.2) is 0 Å². The average molecular weight is 262 g/mol. The third-order valence-corrected chi connectivity index (χ3v) is 3.55. The van der Waals surface area contributed by atoms with Crippen LogP contribution in [0.25, 0.3) is 0 Å². The third-order valence-electron chi connectivity index (χ3n) is 3.55. The minimum atomic E-state index is -0.00810. The van der Waals surface area contributed by atoms with Gasteiger partial charge in [-0.05, 0) is 37.4 Å². The molecule has 0 saturated heterocycles. The highest BCUT2D eigenvalue weighted by atomic mass is 16.5. The average Bonchev–Trinajstić information content (AvgIpc) is 2.92. The van der Waals surface area contributed by atoms with Gasteiger partial charge in [-0.2, -0.15) is 0 Å². The molecule has 0 aromatic heterocycles. The molecule has 4 heteroatoms. The molecule has 2 N–H and O–H groups in total. The summed E-state index contributed by atoms with van der Waals surface area (Å²) >= 11 is 0. The van der Waals surface area contributed by atoms with Gasteiger partial charge in [-0.25, -0.2) is 0 Å². The second kappa shape index (κ2) is 7.14. The van der Waals surface area contributed by atoms with Crippen LogP contribution in [0.2, 0.25) is 0 Å². The van der Waals surface area contributed by atoms with Gasteiger partial charge in [0.2, 0.25) is 5.91 Å². The molecule has 0 aliphatic heterocycles. The van der Waals surface area contributed by atoms with Crippen LogP contribution in [-0.4, -0.2) is 26.1 Å². The third kappa shape index (κ3) is 4.56. The van der Waals surface area contributed by atoms with Crippen LogP contribution < -0.4 is 15.4 Å². The minimum absolute atomic E-state index is 0.00810. The second-order valence-corrected chi connectivity index (χ2v) is 5.06. The van der Waals surface area contributed by atoms with Crippen molar-refractivity contribution in [3.8, 4) is 5.75 Å². The molecule has 0 atom stereocenters. The standard InChI is InChI=1S/C15H22N2O2/c1-19-14-8-4-7-13(9-14)17-15(18)11-16-10-12-5-2-3-6-12/h4,7-9,12,16H,2-3,5-6,10-11H2,1H3,(H,17,18). The summed E-state index contributed by atoms with van der Waals surface area (Å²) in [6.45, 7) is 1.32. The fraction of sp³-hybridized carbons (Fsp3) is 0.533. The van der Waals surface area contributed by atoms with Gasteiger partial charge in [0.1, 0.15) is 5.75 Å². The van der Waals surface area contributed by atoms with Gasteiger partial charge in [-0.3, -0.25) is 4.79 Å². The molecule has 0 heterocycles. The molecule has 1 saturated carbocycles. The first-order chi connectivity index (χ1) is 9.28. The highest BCUT2D eigenvalue weighted by Crippen LogP contribution is 2.23. The molecule has 0 bridgehead atoms. The fourth-order valence-corrected chi connectivity index (χ4v) is 2.51. The number of carbonyl (C=O) groups is 1. The topological polar surface area (TPSA) is 50.4 Å². The fourth-order valence-electron chi connectivity index (χ4n) is 2.51. The zero-order chi connectivity index (χ0) is 13.5. The van der Waals surface area contributed by atoms with Crippen molar-refractivity contribution >= 4 is 11.6 Å². The molecule has 1 fully saturated rings. The number of rotatable bonds is 6. The number of ether oxygens (including phenoxy) is 1. The smallest absolute Gasteiger partial charge is 0.238 e. The van der Waals surface area contributed by atoms with Gasteiger partial charge in [-0.1, -0.05) is 18.9 Å². The summed E-state index contributed by atoms with van der Waals surface area (Å²) in [7, 11) is 1.62. The number of nitrogens with one attached hydrogen (secondary N) is 2. The molecule has 19 heavy (non-hydrogen) atoms. The van der Waals surface area contributed by atoms with E-state index in [0.29, 0.717) is 6.54 Å². The molecule has 4 nitrogen and oxygen atoms in total. The lowest BCUT2D eigenvalue weighted by Crippen LogP contribution is -2.31. The predicted molar refractivity (Wildman–Crippen MR) is 76.5 cm³/mol. The number of amides is 1. The number of benzene rings is 1. The van der Waals surface area contributed by atoms with Crippen molar-refractivity contribution in [2.45, 2.75) is 25.7 Å². The molecule has 2 rings (SSSR count). The molecule has 1 aromatic carbocycles. The molecule has 1 amide bonds. The Labute approximate surface area is 114 Å². The summed E-state index contributed by atoms with van der Waals surface area (Å²) in [6, 6.07) is 7.39. The number of methoxy groups -OCH3 is 1. The van der Waals surface area contributed by atoms with Gasteiger partial charge >= 0.3 is 0 Å². The first kappa shape index (κ1) is 13.9. The molecule has 1 aliphatic carbocycles. The maximum Gasteiger partial charge on any atom is 0.238 e. The number of hydrogen-bond donors (Lipinski definition) is 2. The van der Waals surface area contributed by atoms with Gasteiger partial charge in [0.25, 0.3) is 0 Å². The Balaban J connectivity index is 1.70. The summed E-state index contributed by atoms with van der Waals surface area (Å²) < 4.78 is 5.12. The highest BCUT2D eigenvalue weighted by molar-refractivity contribution is 5.92. The van der Waals surface area contributed by atoms with E-state index in [2.05, 4.69) is 10.6 Å². The highest BCUT2D eigenvalue weighted by Gasteiger charge is 2.14. The molecular formula is C15H22N2O2. The lowest BCUT2D eigenvalue weighted by molar-refractivity contribution is -0.115. The predicted octanol–water partition coefficient (Wildman–Crippen LogP) is 2.41. The van der Waals surface area contributed by atoms with E-state index < -0.39 is 0 Å². The Kier molecular flexibility index (Phi) is 5.21. The van der Waals surface area contributed by atoms with Crippen LogP contribution in [0.1, 0.15) is 25.7 Å². The molecular weight excluding hydrogens is 240 g/mol. The van der Waals surface area contributed by atoms with Crippen molar-refractivity contribution in [1.29, 1.82) is 0 Å². The van der Waals surface area contributed by atoms with Gasteiger partial charge in [-0.15, -0.1) is 0 Å². The van der Waals surface area contributed by atoms with Crippen molar-refractivity contribution in [2.75, 3.05) is 25.5 Å². The normalized spacial score (nSPS) is 15.4. The number of anilines is 1. The van der Waals surface area contributed by atoms with Gasteiger partial charge in [0.05, 0.1) is 13.7 Å². The van der Waals surface area contributed by atoms with E-state index in [1.807, 2.05) is 24.3 Å².